The lowest BCUT2D eigenvalue weighted by atomic mass is 10.1. The van der Waals surface area contributed by atoms with Crippen LogP contribution in [0.15, 0.2) is 57.9 Å². The molecule has 0 spiro atoms. The van der Waals surface area contributed by atoms with Gasteiger partial charge in [0.05, 0.1) is 11.4 Å². The van der Waals surface area contributed by atoms with Crippen LogP contribution in [0.5, 0.6) is 0 Å². The van der Waals surface area contributed by atoms with Crippen molar-refractivity contribution < 1.29 is 13.2 Å². The fourth-order valence-corrected chi connectivity index (χ4v) is 4.27. The Bertz CT molecular complexity index is 885. The van der Waals surface area contributed by atoms with Gasteiger partial charge >= 0.3 is 0 Å². The van der Waals surface area contributed by atoms with Crippen molar-refractivity contribution in [1.82, 2.24) is 9.62 Å². The smallest absolute Gasteiger partial charge is 0.243 e. The summed E-state index contributed by atoms with van der Waals surface area (Å²) in [5.74, 6) is 0.132. The van der Waals surface area contributed by atoms with Crippen molar-refractivity contribution in [3.8, 4) is 0 Å². The topological polar surface area (TPSA) is 66.5 Å². The van der Waals surface area contributed by atoms with Gasteiger partial charge in [-0.2, -0.15) is 4.31 Å². The van der Waals surface area contributed by atoms with Crippen LogP contribution in [0.1, 0.15) is 25.8 Å². The highest BCUT2D eigenvalue weighted by Crippen LogP contribution is 2.21. The van der Waals surface area contributed by atoms with E-state index in [2.05, 4.69) is 35.1 Å². The lowest BCUT2D eigenvalue weighted by Gasteiger charge is -2.22. The van der Waals surface area contributed by atoms with Crippen molar-refractivity contribution in [2.24, 2.45) is 5.92 Å². The summed E-state index contributed by atoms with van der Waals surface area (Å²) in [5.41, 5.74) is 0.750. The first kappa shape index (κ1) is 22.9. The van der Waals surface area contributed by atoms with Crippen molar-refractivity contribution in [3.05, 3.63) is 63.6 Å². The maximum absolute atomic E-state index is 13.1. The van der Waals surface area contributed by atoms with Crippen LogP contribution in [-0.4, -0.2) is 31.7 Å². The van der Waals surface area contributed by atoms with Crippen LogP contribution < -0.4 is 5.32 Å². The second-order valence-corrected chi connectivity index (χ2v) is 10.2. The van der Waals surface area contributed by atoms with Gasteiger partial charge in [-0.05, 0) is 54.3 Å². The average Bonchev–Trinajstić information content (AvgIpc) is 2.63. The first-order chi connectivity index (χ1) is 13.2. The van der Waals surface area contributed by atoms with Crippen molar-refractivity contribution in [1.29, 1.82) is 0 Å². The molecule has 152 valence electrons. The minimum atomic E-state index is -3.84. The summed E-state index contributed by atoms with van der Waals surface area (Å²) in [6.45, 7) is 4.48. The summed E-state index contributed by atoms with van der Waals surface area (Å²) >= 11 is 9.22. The number of benzene rings is 2. The Hall–Kier alpha value is -1.41. The summed E-state index contributed by atoms with van der Waals surface area (Å²) in [6, 6.07) is 13.3. The lowest BCUT2D eigenvalue weighted by Crippen LogP contribution is -2.40. The van der Waals surface area contributed by atoms with Gasteiger partial charge in [-0.1, -0.05) is 53.5 Å². The van der Waals surface area contributed by atoms with E-state index < -0.39 is 10.0 Å². The highest BCUT2D eigenvalue weighted by atomic mass is 79.9. The van der Waals surface area contributed by atoms with Crippen molar-refractivity contribution in [3.63, 3.8) is 0 Å². The molecule has 0 unspecified atom stereocenters. The summed E-state index contributed by atoms with van der Waals surface area (Å²) in [6.07, 6.45) is 0.836. The fourth-order valence-electron chi connectivity index (χ4n) is 2.49. The third-order valence-corrected chi connectivity index (χ3v) is 6.67. The first-order valence-corrected chi connectivity index (χ1v) is 11.6. The molecule has 5 nitrogen and oxygen atoms in total. The van der Waals surface area contributed by atoms with Crippen LogP contribution in [-0.2, 0) is 21.4 Å². The number of carbonyl (C=O) groups excluding carboxylic acids is 1. The van der Waals surface area contributed by atoms with E-state index in [4.69, 9.17) is 11.6 Å². The average molecular weight is 488 g/mol. The number of carbonyl (C=O) groups is 1. The maximum atomic E-state index is 13.1. The third kappa shape index (κ3) is 6.88. The van der Waals surface area contributed by atoms with Gasteiger partial charge < -0.3 is 5.32 Å². The number of nitrogens with one attached hydrogen (secondary N) is 1. The lowest BCUT2D eigenvalue weighted by molar-refractivity contribution is -0.121. The molecule has 28 heavy (non-hydrogen) atoms. The number of hydrogen-bond acceptors (Lipinski definition) is 3. The molecular formula is C20H24BrClN2O3S. The Morgan fingerprint density at radius 3 is 2.29 bits per heavy atom. The normalized spacial score (nSPS) is 11.8. The predicted octanol–water partition coefficient (Wildman–Crippen LogP) is 4.46. The molecule has 0 saturated heterocycles. The molecular weight excluding hydrogens is 464 g/mol. The molecule has 0 radical (unpaired) electrons. The Kier molecular flexibility index (Phi) is 8.49. The number of sulfonamides is 1. The molecule has 1 amide bonds. The zero-order chi connectivity index (χ0) is 20.7. The number of amides is 1. The van der Waals surface area contributed by atoms with Gasteiger partial charge in [0.2, 0.25) is 15.9 Å². The number of halogens is 2. The molecule has 0 fully saturated rings. The number of rotatable bonds is 9. The Morgan fingerprint density at radius 2 is 1.71 bits per heavy atom. The number of hydrogen-bond donors (Lipinski definition) is 1. The van der Waals surface area contributed by atoms with Crippen LogP contribution in [0.2, 0.25) is 5.02 Å². The van der Waals surface area contributed by atoms with Crippen LogP contribution in [0.25, 0.3) is 0 Å². The second-order valence-electron chi connectivity index (χ2n) is 6.89. The Morgan fingerprint density at radius 1 is 1.11 bits per heavy atom. The van der Waals surface area contributed by atoms with E-state index in [0.29, 0.717) is 17.5 Å². The molecule has 0 saturated carbocycles. The van der Waals surface area contributed by atoms with E-state index in [1.54, 1.807) is 36.4 Å². The Labute approximate surface area is 180 Å². The van der Waals surface area contributed by atoms with Crippen LogP contribution in [0, 0.1) is 5.92 Å². The molecule has 0 aromatic heterocycles. The molecule has 1 N–H and O–H groups in total. The first-order valence-electron chi connectivity index (χ1n) is 8.95. The van der Waals surface area contributed by atoms with Crippen molar-refractivity contribution in [2.45, 2.75) is 31.7 Å². The summed E-state index contributed by atoms with van der Waals surface area (Å²) in [4.78, 5) is 12.5. The molecule has 0 atom stereocenters. The van der Waals surface area contributed by atoms with Gasteiger partial charge in [-0.25, -0.2) is 8.42 Å². The quantitative estimate of drug-likeness (QED) is 0.568. The zero-order valence-corrected chi connectivity index (χ0v) is 19.0. The van der Waals surface area contributed by atoms with Gasteiger partial charge in [0, 0.05) is 22.6 Å². The monoisotopic (exact) mass is 486 g/mol. The highest BCUT2D eigenvalue weighted by molar-refractivity contribution is 9.10. The van der Waals surface area contributed by atoms with E-state index in [0.717, 1.165) is 16.5 Å². The molecule has 2 aromatic carbocycles. The molecule has 0 bridgehead atoms. The van der Waals surface area contributed by atoms with Gasteiger partial charge in [0.15, 0.2) is 0 Å². The molecule has 8 heteroatoms. The fraction of sp³-hybridized carbons (Fsp3) is 0.350. The minimum Gasteiger partial charge on any atom is -0.355 e. The van der Waals surface area contributed by atoms with Crippen molar-refractivity contribution in [2.75, 3.05) is 13.1 Å². The van der Waals surface area contributed by atoms with Gasteiger partial charge in [0.25, 0.3) is 0 Å². The third-order valence-electron chi connectivity index (χ3n) is 4.09. The molecule has 0 heterocycles. The molecule has 0 aliphatic carbocycles. The summed E-state index contributed by atoms with van der Waals surface area (Å²) in [5, 5.41) is 3.37. The Balaban J connectivity index is 2.23. The minimum absolute atomic E-state index is 0.0766. The van der Waals surface area contributed by atoms with Gasteiger partial charge in [-0.15, -0.1) is 0 Å². The van der Waals surface area contributed by atoms with Gasteiger partial charge in [-0.3, -0.25) is 4.79 Å². The molecule has 0 aliphatic rings. The molecule has 2 rings (SSSR count). The standard InChI is InChI=1S/C20H24BrClN2O3S/c1-15(2)11-12-23-20(25)14-24(13-16-3-7-18(22)8-4-16)28(26,27)19-9-5-17(21)6-10-19/h3-10,15H,11-14H2,1-2H3,(H,23,25). The summed E-state index contributed by atoms with van der Waals surface area (Å²) in [7, 11) is -3.84. The van der Waals surface area contributed by atoms with Crippen LogP contribution in [0.3, 0.4) is 0 Å². The largest absolute Gasteiger partial charge is 0.355 e. The van der Waals surface area contributed by atoms with Crippen LogP contribution in [0.4, 0.5) is 0 Å². The molecule has 0 aliphatic heterocycles. The second kappa shape index (κ2) is 10.4. The zero-order valence-electron chi connectivity index (χ0n) is 15.9. The predicted molar refractivity (Wildman–Crippen MR) is 116 cm³/mol. The number of nitrogens with zero attached hydrogens (tertiary/aromatic N) is 1. The van der Waals surface area contributed by atoms with E-state index in [1.807, 2.05) is 0 Å². The van der Waals surface area contributed by atoms with E-state index in [9.17, 15) is 13.2 Å². The van der Waals surface area contributed by atoms with E-state index in [-0.39, 0.29) is 23.9 Å². The highest BCUT2D eigenvalue weighted by Gasteiger charge is 2.27. The SMILES string of the molecule is CC(C)CCNC(=O)CN(Cc1ccc(Cl)cc1)S(=O)(=O)c1ccc(Br)cc1. The molecule has 2 aromatic rings. The van der Waals surface area contributed by atoms with E-state index >= 15 is 0 Å². The van der Waals surface area contributed by atoms with Gasteiger partial charge in [0.1, 0.15) is 0 Å². The summed E-state index contributed by atoms with van der Waals surface area (Å²) < 4.78 is 28.2. The van der Waals surface area contributed by atoms with E-state index in [1.165, 1.54) is 16.4 Å². The van der Waals surface area contributed by atoms with Crippen molar-refractivity contribution >= 4 is 43.5 Å². The van der Waals surface area contributed by atoms with Crippen LogP contribution >= 0.6 is 27.5 Å². The maximum Gasteiger partial charge on any atom is 0.243 e.